The van der Waals surface area contributed by atoms with E-state index in [0.29, 0.717) is 18.2 Å². The average molecular weight is 635 g/mol. The molecule has 1 saturated carbocycles. The second kappa shape index (κ2) is 11.6. The van der Waals surface area contributed by atoms with Gasteiger partial charge in [0.15, 0.2) is 5.67 Å². The molecular weight excluding hydrogens is 595 g/mol. The highest BCUT2D eigenvalue weighted by Gasteiger charge is 2.52. The third-order valence-corrected chi connectivity index (χ3v) is 10.4. The molecule has 3 fully saturated rings. The van der Waals surface area contributed by atoms with Crippen LogP contribution >= 0.6 is 0 Å². The lowest BCUT2D eigenvalue weighted by atomic mass is 9.77. The molecule has 2 aromatic carbocycles. The molecule has 47 heavy (non-hydrogen) atoms. The van der Waals surface area contributed by atoms with Gasteiger partial charge < -0.3 is 20.3 Å². The van der Waals surface area contributed by atoms with E-state index in [4.69, 9.17) is 4.74 Å². The Labute approximate surface area is 273 Å². The number of nitrogens with one attached hydrogen (secondary N) is 2. The molecule has 10 heteroatoms. The highest BCUT2D eigenvalue weighted by atomic mass is 19.1. The van der Waals surface area contributed by atoms with E-state index < -0.39 is 17.6 Å². The van der Waals surface area contributed by atoms with Gasteiger partial charge in [0, 0.05) is 37.0 Å². The summed E-state index contributed by atoms with van der Waals surface area (Å²) >= 11 is 0. The maximum Gasteiger partial charge on any atom is 0.258 e. The fourth-order valence-corrected chi connectivity index (χ4v) is 7.65. The Morgan fingerprint density at radius 2 is 1.85 bits per heavy atom. The second-order valence-electron chi connectivity index (χ2n) is 13.6. The van der Waals surface area contributed by atoms with Gasteiger partial charge in [0.25, 0.3) is 5.91 Å². The molecule has 4 atom stereocenters. The Kier molecular flexibility index (Phi) is 7.35. The predicted molar refractivity (Wildman–Crippen MR) is 178 cm³/mol. The fraction of sp³-hybridized carbons (Fsp3) is 0.405. The van der Waals surface area contributed by atoms with Crippen LogP contribution in [-0.2, 0) is 27.8 Å². The summed E-state index contributed by atoms with van der Waals surface area (Å²) in [6.07, 6.45) is 7.80. The first-order valence-electron chi connectivity index (χ1n) is 16.6. The number of alkyl halides is 1. The Hall–Kier alpha value is -4.57. The van der Waals surface area contributed by atoms with E-state index in [9.17, 15) is 14.0 Å². The van der Waals surface area contributed by atoms with Crippen LogP contribution in [0.1, 0.15) is 54.7 Å². The van der Waals surface area contributed by atoms with E-state index >= 15 is 0 Å². The molecule has 242 valence electrons. The number of carbonyl (C=O) groups excluding carboxylic acids is 2. The molecule has 2 N–H and O–H groups in total. The van der Waals surface area contributed by atoms with E-state index in [-0.39, 0.29) is 30.8 Å². The van der Waals surface area contributed by atoms with Crippen LogP contribution in [0.3, 0.4) is 0 Å². The lowest BCUT2D eigenvalue weighted by Crippen LogP contribution is -2.51. The number of rotatable bonds is 8. The minimum absolute atomic E-state index is 0.183. The number of fused-ring (bicyclic) bond motifs is 3. The smallest absolute Gasteiger partial charge is 0.258 e. The third kappa shape index (κ3) is 5.58. The standard InChI is InChI=1S/C37H39FN6O3/c1-22-19-40-43(2)34(22)24-8-10-27(11-9-24)41-35(45)33(42-36(46)37(38)13-14-37)30-5-3-4-23-6-7-25(16-31(23)30)26-12-15-39-32(17-26)44-20-29-18-28(44)21-47-29/h6-12,15-17,19,28-30,33H,3-5,13-14,18,20-21H2,1-2H3,(H,41,45)(H,42,46)/t28-,29-,30+,33-/m0/s1. The molecule has 4 aliphatic rings. The molecule has 2 aromatic heterocycles. The molecule has 4 heterocycles. The van der Waals surface area contributed by atoms with Gasteiger partial charge in [-0.1, -0.05) is 30.3 Å². The minimum Gasteiger partial charge on any atom is -0.374 e. The number of pyridine rings is 1. The molecule has 0 radical (unpaired) electrons. The largest absolute Gasteiger partial charge is 0.374 e. The highest BCUT2D eigenvalue weighted by Crippen LogP contribution is 2.42. The van der Waals surface area contributed by atoms with Crippen LogP contribution in [0.25, 0.3) is 22.4 Å². The molecule has 2 bridgehead atoms. The summed E-state index contributed by atoms with van der Waals surface area (Å²) in [5, 5.41) is 10.2. The summed E-state index contributed by atoms with van der Waals surface area (Å²) in [4.78, 5) is 34.2. The first-order valence-corrected chi connectivity index (χ1v) is 16.6. The monoisotopic (exact) mass is 634 g/mol. The molecule has 8 rings (SSSR count). The third-order valence-electron chi connectivity index (χ3n) is 10.4. The van der Waals surface area contributed by atoms with E-state index in [2.05, 4.69) is 49.9 Å². The number of benzene rings is 2. The van der Waals surface area contributed by atoms with Crippen LogP contribution in [0.4, 0.5) is 15.9 Å². The van der Waals surface area contributed by atoms with Crippen molar-refractivity contribution in [3.8, 4) is 22.4 Å². The van der Waals surface area contributed by atoms with E-state index in [1.165, 1.54) is 0 Å². The normalized spacial score (nSPS) is 22.9. The van der Waals surface area contributed by atoms with Crippen molar-refractivity contribution in [2.75, 3.05) is 23.4 Å². The summed E-state index contributed by atoms with van der Waals surface area (Å²) in [7, 11) is 1.90. The van der Waals surface area contributed by atoms with Gasteiger partial charge in [-0.2, -0.15) is 5.10 Å². The van der Waals surface area contributed by atoms with Gasteiger partial charge in [-0.05, 0) is 97.5 Å². The molecule has 2 aliphatic heterocycles. The zero-order chi connectivity index (χ0) is 32.3. The predicted octanol–water partition coefficient (Wildman–Crippen LogP) is 5.48. The van der Waals surface area contributed by atoms with Crippen LogP contribution in [0.5, 0.6) is 0 Å². The number of aryl methyl sites for hydroxylation is 3. The van der Waals surface area contributed by atoms with E-state index in [1.807, 2.05) is 61.4 Å². The number of hydrogen-bond donors (Lipinski definition) is 2. The molecular formula is C37H39FN6O3. The fourth-order valence-electron chi connectivity index (χ4n) is 7.65. The summed E-state index contributed by atoms with van der Waals surface area (Å²) in [6, 6.07) is 17.6. The SMILES string of the molecule is Cc1cnn(C)c1-c1ccc(NC(=O)[C@@H](NC(=O)C2(F)CC2)[C@@H]2CCCc3ccc(-c4ccnc(N5C[C@@H]6C[C@H]5CO6)c4)cc32)cc1. The zero-order valence-corrected chi connectivity index (χ0v) is 26.7. The van der Waals surface area contributed by atoms with E-state index in [1.54, 1.807) is 0 Å². The molecule has 0 unspecified atom stereocenters. The first-order chi connectivity index (χ1) is 22.8. The van der Waals surface area contributed by atoms with Gasteiger partial charge in [0.1, 0.15) is 11.9 Å². The first kappa shape index (κ1) is 29.8. The summed E-state index contributed by atoms with van der Waals surface area (Å²) in [5.41, 5.74) is 5.99. The number of aromatic nitrogens is 3. The summed E-state index contributed by atoms with van der Waals surface area (Å²) < 4.78 is 22.6. The average Bonchev–Trinajstić information content (AvgIpc) is 3.37. The van der Waals surface area contributed by atoms with Crippen molar-refractivity contribution in [1.82, 2.24) is 20.1 Å². The lowest BCUT2D eigenvalue weighted by molar-refractivity contribution is -0.131. The van der Waals surface area contributed by atoms with Gasteiger partial charge in [0.2, 0.25) is 5.91 Å². The number of hydrogen-bond acceptors (Lipinski definition) is 6. The molecule has 9 nitrogen and oxygen atoms in total. The lowest BCUT2D eigenvalue weighted by Gasteiger charge is -2.33. The van der Waals surface area contributed by atoms with Gasteiger partial charge in [-0.3, -0.25) is 14.3 Å². The topological polar surface area (TPSA) is 101 Å². The minimum atomic E-state index is -1.89. The number of ether oxygens (including phenoxy) is 1. The number of anilines is 2. The van der Waals surface area contributed by atoms with E-state index in [0.717, 1.165) is 77.3 Å². The zero-order valence-electron chi connectivity index (χ0n) is 26.7. The van der Waals surface area contributed by atoms with Gasteiger partial charge in [-0.15, -0.1) is 0 Å². The van der Waals surface area contributed by atoms with Crippen LogP contribution in [0.15, 0.2) is 67.0 Å². The quantitative estimate of drug-likeness (QED) is 0.266. The van der Waals surface area contributed by atoms with Crippen molar-refractivity contribution in [2.45, 2.75) is 75.2 Å². The number of amides is 2. The molecule has 2 amide bonds. The maximum atomic E-state index is 15.0. The van der Waals surface area contributed by atoms with Gasteiger partial charge in [-0.25, -0.2) is 9.37 Å². The van der Waals surface area contributed by atoms with Crippen molar-refractivity contribution >= 4 is 23.3 Å². The molecule has 2 saturated heterocycles. The maximum absolute atomic E-state index is 15.0. The summed E-state index contributed by atoms with van der Waals surface area (Å²) in [5.74, 6) is -0.424. The van der Waals surface area contributed by atoms with Crippen molar-refractivity contribution in [3.05, 3.63) is 83.7 Å². The van der Waals surface area contributed by atoms with Crippen molar-refractivity contribution in [1.29, 1.82) is 0 Å². The van der Waals surface area contributed by atoms with Crippen molar-refractivity contribution in [2.24, 2.45) is 7.05 Å². The Bertz CT molecular complexity index is 1830. The Balaban J connectivity index is 1.08. The Morgan fingerprint density at radius 1 is 1.06 bits per heavy atom. The molecule has 0 spiro atoms. The van der Waals surface area contributed by atoms with Crippen LogP contribution in [0, 0.1) is 6.92 Å². The number of nitrogens with zero attached hydrogens (tertiary/aromatic N) is 4. The van der Waals surface area contributed by atoms with Crippen molar-refractivity contribution in [3.63, 3.8) is 0 Å². The molecule has 2 aliphatic carbocycles. The Morgan fingerprint density at radius 3 is 2.55 bits per heavy atom. The van der Waals surface area contributed by atoms with Gasteiger partial charge >= 0.3 is 0 Å². The van der Waals surface area contributed by atoms with Crippen LogP contribution < -0.4 is 15.5 Å². The number of morpholine rings is 1. The van der Waals surface area contributed by atoms with Crippen molar-refractivity contribution < 1.29 is 18.7 Å². The highest BCUT2D eigenvalue weighted by molar-refractivity contribution is 6.00. The summed E-state index contributed by atoms with van der Waals surface area (Å²) in [6.45, 7) is 3.60. The molecule has 4 aromatic rings. The van der Waals surface area contributed by atoms with Crippen LogP contribution in [-0.4, -0.2) is 63.6 Å². The van der Waals surface area contributed by atoms with Crippen LogP contribution in [0.2, 0.25) is 0 Å². The number of carbonyl (C=O) groups is 2. The second-order valence-corrected chi connectivity index (χ2v) is 13.6. The number of halogens is 1. The van der Waals surface area contributed by atoms with Gasteiger partial charge in [0.05, 0.1) is 30.6 Å².